The Morgan fingerprint density at radius 1 is 0.917 bits per heavy atom. The van der Waals surface area contributed by atoms with Crippen LogP contribution in [0.15, 0.2) is 65.6 Å². The van der Waals surface area contributed by atoms with Crippen LogP contribution in [0.2, 0.25) is 0 Å². The highest BCUT2D eigenvalue weighted by atomic mass is 32.2. The molecular formula is C19H20O4S. The minimum Gasteiger partial charge on any atom is -0.300 e. The molecule has 0 saturated heterocycles. The van der Waals surface area contributed by atoms with E-state index in [1.54, 1.807) is 55.5 Å². The average Bonchev–Trinajstić information content (AvgIpc) is 2.60. The van der Waals surface area contributed by atoms with E-state index in [2.05, 4.69) is 0 Å². The molecule has 0 aromatic heterocycles. The van der Waals surface area contributed by atoms with Crippen molar-refractivity contribution in [3.05, 3.63) is 66.2 Å². The van der Waals surface area contributed by atoms with Gasteiger partial charge in [0.1, 0.15) is 11.0 Å². The molecular weight excluding hydrogens is 324 g/mol. The largest absolute Gasteiger partial charge is 0.300 e. The summed E-state index contributed by atoms with van der Waals surface area (Å²) < 4.78 is 25.9. The third kappa shape index (κ3) is 3.97. The van der Waals surface area contributed by atoms with Gasteiger partial charge in [0, 0.05) is 11.5 Å². The molecule has 2 atom stereocenters. The smallest absolute Gasteiger partial charge is 0.188 e. The van der Waals surface area contributed by atoms with Crippen molar-refractivity contribution in [2.45, 2.75) is 30.4 Å². The first-order valence-corrected chi connectivity index (χ1v) is 9.27. The predicted molar refractivity (Wildman–Crippen MR) is 92.7 cm³/mol. The van der Waals surface area contributed by atoms with E-state index in [-0.39, 0.29) is 17.1 Å². The van der Waals surface area contributed by atoms with E-state index in [1.807, 2.05) is 0 Å². The zero-order valence-corrected chi connectivity index (χ0v) is 14.5. The standard InChI is InChI=1S/C19H20O4S/c1-14(15(2)20)13-18(19(21)16-9-5-3-6-10-16)24(22,23)17-11-7-4-8-12-17/h3-12,14,18H,13H2,1-2H3. The fourth-order valence-electron chi connectivity index (χ4n) is 2.42. The Bertz CT molecular complexity index is 811. The Kier molecular flexibility index (Phi) is 5.67. The number of Topliss-reactive ketones (excluding diaryl/α,β-unsaturated/α-hetero) is 2. The van der Waals surface area contributed by atoms with Crippen LogP contribution in [-0.2, 0) is 14.6 Å². The second-order valence-corrected chi connectivity index (χ2v) is 7.95. The fourth-order valence-corrected chi connectivity index (χ4v) is 4.25. The maximum atomic E-state index is 13.0. The number of hydrogen-bond acceptors (Lipinski definition) is 4. The van der Waals surface area contributed by atoms with Gasteiger partial charge in [-0.3, -0.25) is 9.59 Å². The van der Waals surface area contributed by atoms with Crippen LogP contribution in [0, 0.1) is 5.92 Å². The Morgan fingerprint density at radius 2 is 1.42 bits per heavy atom. The summed E-state index contributed by atoms with van der Waals surface area (Å²) in [7, 11) is -3.88. The molecule has 0 bridgehead atoms. The number of benzene rings is 2. The van der Waals surface area contributed by atoms with Crippen molar-refractivity contribution in [3.8, 4) is 0 Å². The van der Waals surface area contributed by atoms with Crippen molar-refractivity contribution in [1.82, 2.24) is 0 Å². The van der Waals surface area contributed by atoms with E-state index in [0.29, 0.717) is 5.56 Å². The molecule has 126 valence electrons. The third-order valence-electron chi connectivity index (χ3n) is 4.06. The van der Waals surface area contributed by atoms with Crippen molar-refractivity contribution >= 4 is 21.4 Å². The molecule has 2 aromatic rings. The van der Waals surface area contributed by atoms with Crippen LogP contribution in [0.4, 0.5) is 0 Å². The highest BCUT2D eigenvalue weighted by Crippen LogP contribution is 2.25. The summed E-state index contributed by atoms with van der Waals surface area (Å²) in [5, 5.41) is -1.28. The Labute approximate surface area is 142 Å². The lowest BCUT2D eigenvalue weighted by Gasteiger charge is -2.19. The summed E-state index contributed by atoms with van der Waals surface area (Å²) in [6.07, 6.45) is -0.0275. The van der Waals surface area contributed by atoms with Gasteiger partial charge in [-0.15, -0.1) is 0 Å². The Hall–Kier alpha value is -2.27. The first kappa shape index (κ1) is 18.1. The van der Waals surface area contributed by atoms with Crippen molar-refractivity contribution < 1.29 is 18.0 Å². The third-order valence-corrected chi connectivity index (χ3v) is 6.14. The molecule has 0 aliphatic heterocycles. The maximum absolute atomic E-state index is 13.0. The average molecular weight is 344 g/mol. The minimum absolute atomic E-state index is 0.0275. The SMILES string of the molecule is CC(=O)C(C)CC(C(=O)c1ccccc1)S(=O)(=O)c1ccccc1. The fraction of sp³-hybridized carbons (Fsp3) is 0.263. The summed E-state index contributed by atoms with van der Waals surface area (Å²) >= 11 is 0. The number of rotatable bonds is 7. The molecule has 0 N–H and O–H groups in total. The van der Waals surface area contributed by atoms with Gasteiger partial charge in [0.25, 0.3) is 0 Å². The van der Waals surface area contributed by atoms with Crippen LogP contribution in [0.3, 0.4) is 0 Å². The molecule has 24 heavy (non-hydrogen) atoms. The lowest BCUT2D eigenvalue weighted by atomic mass is 9.97. The molecule has 2 unspecified atom stereocenters. The topological polar surface area (TPSA) is 68.3 Å². The predicted octanol–water partition coefficient (Wildman–Crippen LogP) is 3.33. The molecule has 0 spiro atoms. The van der Waals surface area contributed by atoms with Crippen molar-refractivity contribution in [3.63, 3.8) is 0 Å². The molecule has 0 aliphatic carbocycles. The zero-order valence-electron chi connectivity index (χ0n) is 13.7. The number of sulfone groups is 1. The van der Waals surface area contributed by atoms with Crippen molar-refractivity contribution in [1.29, 1.82) is 0 Å². The quantitative estimate of drug-likeness (QED) is 0.723. The van der Waals surface area contributed by atoms with E-state index >= 15 is 0 Å². The van der Waals surface area contributed by atoms with E-state index in [9.17, 15) is 18.0 Å². The van der Waals surface area contributed by atoms with Crippen LogP contribution in [0.25, 0.3) is 0 Å². The molecule has 0 aliphatic rings. The van der Waals surface area contributed by atoms with Gasteiger partial charge >= 0.3 is 0 Å². The molecule has 0 heterocycles. The molecule has 0 amide bonds. The van der Waals surface area contributed by atoms with Crippen molar-refractivity contribution in [2.75, 3.05) is 0 Å². The van der Waals surface area contributed by atoms with E-state index in [4.69, 9.17) is 0 Å². The van der Waals surface area contributed by atoms with Crippen LogP contribution in [0.1, 0.15) is 30.6 Å². The molecule has 0 saturated carbocycles. The summed E-state index contributed by atoms with van der Waals surface area (Å²) in [5.74, 6) is -1.13. The summed E-state index contributed by atoms with van der Waals surface area (Å²) in [4.78, 5) is 24.5. The Balaban J connectivity index is 2.47. The van der Waals surface area contributed by atoms with Gasteiger partial charge in [0.2, 0.25) is 0 Å². The van der Waals surface area contributed by atoms with Gasteiger partial charge in [-0.2, -0.15) is 0 Å². The van der Waals surface area contributed by atoms with Gasteiger partial charge in [-0.25, -0.2) is 8.42 Å². The first-order chi connectivity index (χ1) is 11.3. The first-order valence-electron chi connectivity index (χ1n) is 7.72. The summed E-state index contributed by atoms with van der Waals surface area (Å²) in [5.41, 5.74) is 0.331. The van der Waals surface area contributed by atoms with Gasteiger partial charge in [-0.05, 0) is 25.5 Å². The zero-order chi connectivity index (χ0) is 17.7. The van der Waals surface area contributed by atoms with E-state index in [1.165, 1.54) is 19.1 Å². The number of carbonyl (C=O) groups excluding carboxylic acids is 2. The van der Waals surface area contributed by atoms with E-state index < -0.39 is 26.8 Å². The maximum Gasteiger partial charge on any atom is 0.188 e. The van der Waals surface area contributed by atoms with Gasteiger partial charge < -0.3 is 0 Å². The lowest BCUT2D eigenvalue weighted by Crippen LogP contribution is -2.33. The molecule has 2 aromatic carbocycles. The molecule has 2 rings (SSSR count). The van der Waals surface area contributed by atoms with Crippen LogP contribution >= 0.6 is 0 Å². The molecule has 5 heteroatoms. The second-order valence-electron chi connectivity index (χ2n) is 5.82. The molecule has 0 fully saturated rings. The van der Waals surface area contributed by atoms with Gasteiger partial charge in [0.05, 0.1) is 4.90 Å². The monoisotopic (exact) mass is 344 g/mol. The second kappa shape index (κ2) is 7.53. The van der Waals surface area contributed by atoms with E-state index in [0.717, 1.165) is 0 Å². The van der Waals surface area contributed by atoms with Gasteiger partial charge in [0.15, 0.2) is 15.6 Å². The highest BCUT2D eigenvalue weighted by Gasteiger charge is 2.36. The normalized spacial score (nSPS) is 13.9. The number of carbonyl (C=O) groups is 2. The number of ketones is 2. The molecule has 0 radical (unpaired) electrons. The lowest BCUT2D eigenvalue weighted by molar-refractivity contribution is -0.120. The minimum atomic E-state index is -3.88. The van der Waals surface area contributed by atoms with Crippen molar-refractivity contribution in [2.24, 2.45) is 5.92 Å². The molecule has 4 nitrogen and oxygen atoms in total. The Morgan fingerprint density at radius 3 is 1.92 bits per heavy atom. The number of hydrogen-bond donors (Lipinski definition) is 0. The van der Waals surface area contributed by atoms with Crippen LogP contribution in [-0.4, -0.2) is 25.2 Å². The van der Waals surface area contributed by atoms with Crippen LogP contribution < -0.4 is 0 Å². The highest BCUT2D eigenvalue weighted by molar-refractivity contribution is 7.92. The summed E-state index contributed by atoms with van der Waals surface area (Å²) in [6, 6.07) is 16.2. The van der Waals surface area contributed by atoms with Gasteiger partial charge in [-0.1, -0.05) is 55.5 Å². The summed E-state index contributed by atoms with van der Waals surface area (Å²) in [6.45, 7) is 3.05. The van der Waals surface area contributed by atoms with Crippen LogP contribution in [0.5, 0.6) is 0 Å².